The molecule has 19 heavy (non-hydrogen) atoms. The Morgan fingerprint density at radius 1 is 1.58 bits per heavy atom. The number of benzene rings is 1. The van der Waals surface area contributed by atoms with Crippen molar-refractivity contribution in [1.29, 1.82) is 0 Å². The molecular weight excluding hydrogens is 263 g/mol. The largest absolute Gasteiger partial charge is 0.352 e. The van der Waals surface area contributed by atoms with E-state index in [4.69, 9.17) is 0 Å². The zero-order valence-electron chi connectivity index (χ0n) is 11.0. The predicted octanol–water partition coefficient (Wildman–Crippen LogP) is 2.19. The molecule has 0 aliphatic carbocycles. The van der Waals surface area contributed by atoms with Gasteiger partial charge in [0.25, 0.3) is 5.91 Å². The van der Waals surface area contributed by atoms with E-state index in [0.29, 0.717) is 17.4 Å². The van der Waals surface area contributed by atoms with Gasteiger partial charge in [-0.25, -0.2) is 4.39 Å². The Morgan fingerprint density at radius 3 is 3.11 bits per heavy atom. The number of piperidine rings is 1. The van der Waals surface area contributed by atoms with Gasteiger partial charge in [0.2, 0.25) is 0 Å². The molecule has 104 valence electrons. The Labute approximate surface area is 118 Å². The molecule has 1 aliphatic rings. The lowest BCUT2D eigenvalue weighted by molar-refractivity contribution is 0.0932. The summed E-state index contributed by atoms with van der Waals surface area (Å²) >= 11 is 4.12. The molecule has 1 heterocycles. The molecule has 0 saturated carbocycles. The molecule has 0 spiro atoms. The number of carbonyl (C=O) groups excluding carboxylic acids is 1. The fourth-order valence-electron chi connectivity index (χ4n) is 2.46. The maximum absolute atomic E-state index is 13.5. The topological polar surface area (TPSA) is 32.3 Å². The highest BCUT2D eigenvalue weighted by molar-refractivity contribution is 7.80. The van der Waals surface area contributed by atoms with Crippen molar-refractivity contribution in [2.24, 2.45) is 5.92 Å². The van der Waals surface area contributed by atoms with Gasteiger partial charge in [-0.15, -0.1) is 12.6 Å². The second-order valence-electron chi connectivity index (χ2n) is 5.14. The number of likely N-dealkylation sites (tertiary alicyclic amines) is 1. The second-order valence-corrected chi connectivity index (χ2v) is 5.66. The zero-order valence-corrected chi connectivity index (χ0v) is 11.9. The Bertz CT molecular complexity index is 467. The first kappa shape index (κ1) is 14.3. The molecule has 3 nitrogen and oxygen atoms in total. The van der Waals surface area contributed by atoms with Crippen molar-refractivity contribution in [3.8, 4) is 0 Å². The van der Waals surface area contributed by atoms with Crippen LogP contribution in [0.3, 0.4) is 0 Å². The third kappa shape index (κ3) is 3.94. The lowest BCUT2D eigenvalue weighted by atomic mass is 9.98. The highest BCUT2D eigenvalue weighted by Gasteiger charge is 2.19. The number of carbonyl (C=O) groups is 1. The SMILES string of the molecule is CN1CCCC(CNC(=O)c2cc(S)ccc2F)C1. The summed E-state index contributed by atoms with van der Waals surface area (Å²) in [5.41, 5.74) is 0.0664. The highest BCUT2D eigenvalue weighted by atomic mass is 32.1. The van der Waals surface area contributed by atoms with Gasteiger partial charge >= 0.3 is 0 Å². The van der Waals surface area contributed by atoms with Gasteiger partial charge in [-0.05, 0) is 50.6 Å². The van der Waals surface area contributed by atoms with Crippen LogP contribution in [0.5, 0.6) is 0 Å². The number of rotatable bonds is 3. The summed E-state index contributed by atoms with van der Waals surface area (Å²) < 4.78 is 13.5. The lowest BCUT2D eigenvalue weighted by Gasteiger charge is -2.29. The molecular formula is C14H19FN2OS. The van der Waals surface area contributed by atoms with Crippen molar-refractivity contribution in [3.63, 3.8) is 0 Å². The average Bonchev–Trinajstić information content (AvgIpc) is 2.39. The molecule has 1 unspecified atom stereocenters. The third-order valence-corrected chi connectivity index (χ3v) is 3.75. The van der Waals surface area contributed by atoms with Crippen LogP contribution >= 0.6 is 12.6 Å². The van der Waals surface area contributed by atoms with E-state index in [1.54, 1.807) is 0 Å². The van der Waals surface area contributed by atoms with Crippen LogP contribution in [0.1, 0.15) is 23.2 Å². The zero-order chi connectivity index (χ0) is 13.8. The van der Waals surface area contributed by atoms with Crippen molar-refractivity contribution >= 4 is 18.5 Å². The number of thiol groups is 1. The normalized spacial score (nSPS) is 20.3. The van der Waals surface area contributed by atoms with E-state index in [2.05, 4.69) is 29.9 Å². The molecule has 1 aromatic carbocycles. The number of amides is 1. The fourth-order valence-corrected chi connectivity index (χ4v) is 2.66. The van der Waals surface area contributed by atoms with Gasteiger partial charge in [0.05, 0.1) is 5.56 Å². The molecule has 1 aliphatic heterocycles. The Hall–Kier alpha value is -1.07. The standard InChI is InChI=1S/C14H19FN2OS/c1-17-6-2-3-10(9-17)8-16-14(18)12-7-11(19)4-5-13(12)15/h4-5,7,10,19H,2-3,6,8-9H2,1H3,(H,16,18). The van der Waals surface area contributed by atoms with E-state index in [1.807, 2.05) is 0 Å². The summed E-state index contributed by atoms with van der Waals surface area (Å²) in [6.07, 6.45) is 2.26. The first-order chi connectivity index (χ1) is 9.06. The highest BCUT2D eigenvalue weighted by Crippen LogP contribution is 2.16. The summed E-state index contributed by atoms with van der Waals surface area (Å²) in [5.74, 6) is -0.414. The fraction of sp³-hybridized carbons (Fsp3) is 0.500. The van der Waals surface area contributed by atoms with Crippen LogP contribution in [-0.4, -0.2) is 37.5 Å². The minimum Gasteiger partial charge on any atom is -0.352 e. The summed E-state index contributed by atoms with van der Waals surface area (Å²) in [4.78, 5) is 14.8. The third-order valence-electron chi connectivity index (χ3n) is 3.47. The molecule has 5 heteroatoms. The number of hydrogen-bond donors (Lipinski definition) is 2. The molecule has 2 rings (SSSR count). The van der Waals surface area contributed by atoms with Crippen LogP contribution in [0.25, 0.3) is 0 Å². The van der Waals surface area contributed by atoms with Gasteiger partial charge in [-0.2, -0.15) is 0 Å². The van der Waals surface area contributed by atoms with E-state index < -0.39 is 5.82 Å². The van der Waals surface area contributed by atoms with Crippen LogP contribution in [0, 0.1) is 11.7 Å². The monoisotopic (exact) mass is 282 g/mol. The van der Waals surface area contributed by atoms with Gasteiger partial charge in [0.1, 0.15) is 5.82 Å². The van der Waals surface area contributed by atoms with E-state index >= 15 is 0 Å². The molecule has 0 radical (unpaired) electrons. The first-order valence-corrected chi connectivity index (χ1v) is 6.96. The Balaban J connectivity index is 1.92. The average molecular weight is 282 g/mol. The van der Waals surface area contributed by atoms with Gasteiger partial charge in [0.15, 0.2) is 0 Å². The van der Waals surface area contributed by atoms with Gasteiger partial charge < -0.3 is 10.2 Å². The van der Waals surface area contributed by atoms with Gasteiger partial charge in [-0.1, -0.05) is 0 Å². The van der Waals surface area contributed by atoms with Crippen LogP contribution in [0.15, 0.2) is 23.1 Å². The van der Waals surface area contributed by atoms with Crippen LogP contribution < -0.4 is 5.32 Å². The van der Waals surface area contributed by atoms with E-state index in [0.717, 1.165) is 25.9 Å². The minimum atomic E-state index is -0.504. The Kier molecular flexibility index (Phi) is 4.82. The number of hydrogen-bond acceptors (Lipinski definition) is 3. The molecule has 1 N–H and O–H groups in total. The lowest BCUT2D eigenvalue weighted by Crippen LogP contribution is -2.39. The van der Waals surface area contributed by atoms with Crippen LogP contribution in [0.2, 0.25) is 0 Å². The predicted molar refractivity (Wildman–Crippen MR) is 76.2 cm³/mol. The van der Waals surface area contributed by atoms with E-state index in [1.165, 1.54) is 18.2 Å². The molecule has 1 atom stereocenters. The smallest absolute Gasteiger partial charge is 0.254 e. The molecule has 1 fully saturated rings. The summed E-state index contributed by atoms with van der Waals surface area (Å²) in [7, 11) is 2.08. The first-order valence-electron chi connectivity index (χ1n) is 6.51. The molecule has 1 amide bonds. The summed E-state index contributed by atoms with van der Waals surface area (Å²) in [6, 6.07) is 4.26. The number of nitrogens with zero attached hydrogens (tertiary/aromatic N) is 1. The van der Waals surface area contributed by atoms with Crippen molar-refractivity contribution in [2.75, 3.05) is 26.7 Å². The summed E-state index contributed by atoms with van der Waals surface area (Å²) in [5, 5.41) is 2.82. The Morgan fingerprint density at radius 2 is 2.37 bits per heavy atom. The molecule has 0 aromatic heterocycles. The maximum Gasteiger partial charge on any atom is 0.254 e. The second kappa shape index (κ2) is 6.39. The van der Waals surface area contributed by atoms with Crippen molar-refractivity contribution < 1.29 is 9.18 Å². The van der Waals surface area contributed by atoms with E-state index in [-0.39, 0.29) is 11.5 Å². The molecule has 1 saturated heterocycles. The van der Waals surface area contributed by atoms with Gasteiger partial charge in [0, 0.05) is 18.0 Å². The van der Waals surface area contributed by atoms with Crippen molar-refractivity contribution in [3.05, 3.63) is 29.6 Å². The number of nitrogens with one attached hydrogen (secondary N) is 1. The van der Waals surface area contributed by atoms with Crippen molar-refractivity contribution in [1.82, 2.24) is 10.2 Å². The van der Waals surface area contributed by atoms with Gasteiger partial charge in [-0.3, -0.25) is 4.79 Å². The minimum absolute atomic E-state index is 0.0664. The summed E-state index contributed by atoms with van der Waals surface area (Å²) in [6.45, 7) is 2.69. The van der Waals surface area contributed by atoms with E-state index in [9.17, 15) is 9.18 Å². The van der Waals surface area contributed by atoms with Crippen molar-refractivity contribution in [2.45, 2.75) is 17.7 Å². The maximum atomic E-state index is 13.5. The quantitative estimate of drug-likeness (QED) is 0.833. The van der Waals surface area contributed by atoms with Crippen LogP contribution in [0.4, 0.5) is 4.39 Å². The molecule has 0 bridgehead atoms. The number of halogens is 1. The molecule has 1 aromatic rings. The van der Waals surface area contributed by atoms with Crippen LogP contribution in [-0.2, 0) is 0 Å².